The van der Waals surface area contributed by atoms with Gasteiger partial charge in [0.25, 0.3) is 0 Å². The second kappa shape index (κ2) is 3.70. The van der Waals surface area contributed by atoms with Crippen LogP contribution < -0.4 is 10.2 Å². The Kier molecular flexibility index (Phi) is 2.39. The zero-order valence-corrected chi connectivity index (χ0v) is 8.29. The smallest absolute Gasteiger partial charge is 0.321 e. The molecule has 1 N–H and O–H groups in total. The molecule has 1 aliphatic rings. The van der Waals surface area contributed by atoms with Crippen LogP contribution in [0.3, 0.4) is 0 Å². The van der Waals surface area contributed by atoms with Crippen LogP contribution in [-0.2, 0) is 0 Å². The van der Waals surface area contributed by atoms with Gasteiger partial charge in [0.2, 0.25) is 0 Å². The first-order valence-electron chi connectivity index (χ1n) is 4.89. The number of carbonyl (C=O) groups excluding carboxylic acids is 1. The van der Waals surface area contributed by atoms with E-state index in [-0.39, 0.29) is 6.03 Å². The maximum absolute atomic E-state index is 11.5. The lowest BCUT2D eigenvalue weighted by Crippen LogP contribution is -2.46. The molecular formula is C11H14N2O. The van der Waals surface area contributed by atoms with Gasteiger partial charge in [0.1, 0.15) is 0 Å². The fourth-order valence-corrected chi connectivity index (χ4v) is 1.60. The molecule has 74 valence electrons. The predicted molar refractivity (Wildman–Crippen MR) is 56.5 cm³/mol. The maximum Gasteiger partial charge on any atom is 0.321 e. The summed E-state index contributed by atoms with van der Waals surface area (Å²) in [5.41, 5.74) is 2.19. The molecule has 1 aromatic carbocycles. The van der Waals surface area contributed by atoms with E-state index in [0.29, 0.717) is 0 Å². The van der Waals surface area contributed by atoms with Gasteiger partial charge in [0, 0.05) is 18.8 Å². The van der Waals surface area contributed by atoms with Gasteiger partial charge in [0.05, 0.1) is 0 Å². The Bertz CT molecular complexity index is 332. The van der Waals surface area contributed by atoms with E-state index < -0.39 is 0 Å². The number of nitrogens with one attached hydrogen (secondary N) is 1. The van der Waals surface area contributed by atoms with Gasteiger partial charge >= 0.3 is 6.03 Å². The van der Waals surface area contributed by atoms with Crippen LogP contribution in [0, 0.1) is 6.92 Å². The van der Waals surface area contributed by atoms with Crippen LogP contribution in [0.2, 0.25) is 0 Å². The van der Waals surface area contributed by atoms with Gasteiger partial charge in [-0.1, -0.05) is 17.7 Å². The van der Waals surface area contributed by atoms with Crippen LogP contribution in [0.5, 0.6) is 0 Å². The van der Waals surface area contributed by atoms with Crippen LogP contribution in [0.4, 0.5) is 10.5 Å². The first kappa shape index (κ1) is 9.06. The molecule has 1 aliphatic heterocycles. The molecule has 0 aliphatic carbocycles. The molecule has 0 radical (unpaired) electrons. The first-order chi connectivity index (χ1) is 6.77. The summed E-state index contributed by atoms with van der Waals surface area (Å²) in [6.45, 7) is 3.65. The van der Waals surface area contributed by atoms with Crippen molar-refractivity contribution >= 4 is 11.7 Å². The highest BCUT2D eigenvalue weighted by Crippen LogP contribution is 2.16. The normalized spacial score (nSPS) is 16.6. The molecule has 1 fully saturated rings. The van der Waals surface area contributed by atoms with Crippen molar-refractivity contribution < 1.29 is 4.79 Å². The van der Waals surface area contributed by atoms with Crippen molar-refractivity contribution in [3.8, 4) is 0 Å². The molecule has 1 saturated heterocycles. The lowest BCUT2D eigenvalue weighted by atomic mass is 10.2. The lowest BCUT2D eigenvalue weighted by Gasteiger charge is -2.27. The minimum absolute atomic E-state index is 0.0140. The van der Waals surface area contributed by atoms with E-state index >= 15 is 0 Å². The van der Waals surface area contributed by atoms with E-state index in [1.807, 2.05) is 31.2 Å². The summed E-state index contributed by atoms with van der Waals surface area (Å²) in [4.78, 5) is 13.3. The number of rotatable bonds is 1. The van der Waals surface area contributed by atoms with Crippen LogP contribution in [0.1, 0.15) is 12.0 Å². The molecule has 2 rings (SSSR count). The monoisotopic (exact) mass is 190 g/mol. The van der Waals surface area contributed by atoms with Crippen molar-refractivity contribution in [2.24, 2.45) is 0 Å². The second-order valence-electron chi connectivity index (χ2n) is 3.57. The number of nitrogens with zero attached hydrogens (tertiary/aromatic N) is 1. The molecule has 0 saturated carbocycles. The zero-order chi connectivity index (χ0) is 9.97. The summed E-state index contributed by atoms with van der Waals surface area (Å²) in [7, 11) is 0. The highest BCUT2D eigenvalue weighted by atomic mass is 16.2. The number of amides is 2. The molecule has 0 spiro atoms. The second-order valence-corrected chi connectivity index (χ2v) is 3.57. The number of urea groups is 1. The van der Waals surface area contributed by atoms with E-state index in [1.165, 1.54) is 5.56 Å². The topological polar surface area (TPSA) is 32.3 Å². The van der Waals surface area contributed by atoms with Crippen LogP contribution in [0.25, 0.3) is 0 Å². The molecule has 1 aromatic rings. The lowest BCUT2D eigenvalue weighted by molar-refractivity contribution is 0.243. The Balaban J connectivity index is 2.20. The molecule has 1 heterocycles. The molecule has 3 heteroatoms. The summed E-state index contributed by atoms with van der Waals surface area (Å²) in [6, 6.07) is 8.04. The van der Waals surface area contributed by atoms with Gasteiger partial charge in [-0.2, -0.15) is 0 Å². The minimum atomic E-state index is 0.0140. The summed E-state index contributed by atoms with van der Waals surface area (Å²) < 4.78 is 0. The van der Waals surface area contributed by atoms with Gasteiger partial charge in [-0.15, -0.1) is 0 Å². The summed E-state index contributed by atoms with van der Waals surface area (Å²) in [5, 5.41) is 2.83. The quantitative estimate of drug-likeness (QED) is 0.720. The van der Waals surface area contributed by atoms with E-state index in [2.05, 4.69) is 5.32 Å². The first-order valence-corrected chi connectivity index (χ1v) is 4.89. The highest BCUT2D eigenvalue weighted by Gasteiger charge is 2.18. The molecule has 0 aromatic heterocycles. The number of carbonyl (C=O) groups is 1. The fraction of sp³-hybridized carbons (Fsp3) is 0.364. The Labute approximate surface area is 83.7 Å². The van der Waals surface area contributed by atoms with Crippen molar-refractivity contribution in [3.63, 3.8) is 0 Å². The number of benzene rings is 1. The average molecular weight is 190 g/mol. The van der Waals surface area contributed by atoms with Gasteiger partial charge in [-0.25, -0.2) is 4.79 Å². The summed E-state index contributed by atoms with van der Waals surface area (Å²) in [6.07, 6.45) is 1.01. The van der Waals surface area contributed by atoms with Crippen molar-refractivity contribution in [1.29, 1.82) is 0 Å². The van der Waals surface area contributed by atoms with Gasteiger partial charge < -0.3 is 5.32 Å². The molecular weight excluding hydrogens is 176 g/mol. The highest BCUT2D eigenvalue weighted by molar-refractivity contribution is 5.92. The third-order valence-corrected chi connectivity index (χ3v) is 2.43. The molecule has 0 bridgehead atoms. The van der Waals surface area contributed by atoms with Crippen LogP contribution in [-0.4, -0.2) is 19.1 Å². The summed E-state index contributed by atoms with van der Waals surface area (Å²) >= 11 is 0. The van der Waals surface area contributed by atoms with E-state index in [9.17, 15) is 4.79 Å². The number of hydrogen-bond acceptors (Lipinski definition) is 1. The third-order valence-electron chi connectivity index (χ3n) is 2.43. The third kappa shape index (κ3) is 1.71. The van der Waals surface area contributed by atoms with Gasteiger partial charge in [-0.3, -0.25) is 4.90 Å². The Morgan fingerprint density at radius 3 is 2.64 bits per heavy atom. The number of aryl methyl sites for hydroxylation is 1. The Hall–Kier alpha value is -1.51. The molecule has 3 nitrogen and oxygen atoms in total. The van der Waals surface area contributed by atoms with Crippen LogP contribution in [0.15, 0.2) is 24.3 Å². The minimum Gasteiger partial charge on any atom is -0.338 e. The Morgan fingerprint density at radius 2 is 2.00 bits per heavy atom. The van der Waals surface area contributed by atoms with E-state index in [4.69, 9.17) is 0 Å². The van der Waals surface area contributed by atoms with Gasteiger partial charge in [0.15, 0.2) is 0 Å². The molecule has 14 heavy (non-hydrogen) atoms. The number of anilines is 1. The standard InChI is InChI=1S/C11H14N2O/c1-9-3-5-10(6-4-9)13-8-2-7-12-11(13)14/h3-6H,2,7-8H2,1H3,(H,12,14). The average Bonchev–Trinajstić information content (AvgIpc) is 2.20. The predicted octanol–water partition coefficient (Wildman–Crippen LogP) is 1.91. The summed E-state index contributed by atoms with van der Waals surface area (Å²) in [5.74, 6) is 0. The maximum atomic E-state index is 11.5. The molecule has 0 atom stereocenters. The van der Waals surface area contributed by atoms with Crippen LogP contribution >= 0.6 is 0 Å². The fourth-order valence-electron chi connectivity index (χ4n) is 1.60. The largest absolute Gasteiger partial charge is 0.338 e. The van der Waals surface area contributed by atoms with Crippen molar-refractivity contribution in [3.05, 3.63) is 29.8 Å². The Morgan fingerprint density at radius 1 is 1.29 bits per heavy atom. The molecule has 2 amide bonds. The van der Waals surface area contributed by atoms with E-state index in [1.54, 1.807) is 4.90 Å². The van der Waals surface area contributed by atoms with Gasteiger partial charge in [-0.05, 0) is 25.5 Å². The van der Waals surface area contributed by atoms with Crippen molar-refractivity contribution in [1.82, 2.24) is 5.32 Å². The van der Waals surface area contributed by atoms with Crippen molar-refractivity contribution in [2.75, 3.05) is 18.0 Å². The van der Waals surface area contributed by atoms with E-state index in [0.717, 1.165) is 25.2 Å². The SMILES string of the molecule is Cc1ccc(N2CCCNC2=O)cc1. The number of hydrogen-bond donors (Lipinski definition) is 1. The zero-order valence-electron chi connectivity index (χ0n) is 8.29. The molecule has 0 unspecified atom stereocenters. The van der Waals surface area contributed by atoms with Crippen molar-refractivity contribution in [2.45, 2.75) is 13.3 Å².